The molecule has 5 aromatic rings. The molecule has 1 fully saturated rings. The summed E-state index contributed by atoms with van der Waals surface area (Å²) in [6.07, 6.45) is 0. The van der Waals surface area contributed by atoms with Crippen LogP contribution in [0, 0.1) is 5.82 Å². The van der Waals surface area contributed by atoms with Crippen molar-refractivity contribution in [3.8, 4) is 23.0 Å². The quantitative estimate of drug-likeness (QED) is 0.112. The number of Topliss-reactive ketones (excluding diaryl/α,β-unsaturated/α-hetero) is 1. The van der Waals surface area contributed by atoms with Gasteiger partial charge in [0.15, 0.2) is 28.1 Å². The second-order valence-electron chi connectivity index (χ2n) is 10.5. The van der Waals surface area contributed by atoms with Gasteiger partial charge in [0.05, 0.1) is 28.4 Å². The monoisotopic (exact) mass is 638 g/mol. The summed E-state index contributed by atoms with van der Waals surface area (Å²) in [7, 11) is 0. The van der Waals surface area contributed by atoms with Gasteiger partial charge in [-0.2, -0.15) is 0 Å². The van der Waals surface area contributed by atoms with Crippen LogP contribution in [0.25, 0.3) is 16.0 Å². The van der Waals surface area contributed by atoms with E-state index in [1.807, 2.05) is 37.3 Å². The molecule has 1 unspecified atom stereocenters. The first-order chi connectivity index (χ1) is 22.4. The molecule has 4 aromatic carbocycles. The maximum absolute atomic E-state index is 14.1. The van der Waals surface area contributed by atoms with Crippen molar-refractivity contribution in [2.24, 2.45) is 0 Å². The number of aliphatic hydroxyl groups is 1. The van der Waals surface area contributed by atoms with Gasteiger partial charge in [0, 0.05) is 5.56 Å². The maximum atomic E-state index is 14.1. The molecule has 1 N–H and O–H groups in total. The van der Waals surface area contributed by atoms with E-state index in [4.69, 9.17) is 18.9 Å². The molecule has 3 heterocycles. The second-order valence-corrected chi connectivity index (χ2v) is 11.6. The Kier molecular flexibility index (Phi) is 7.75. The van der Waals surface area contributed by atoms with Crippen molar-refractivity contribution in [3.05, 3.63) is 113 Å². The molecular formula is C35H27FN2O7S. The number of rotatable bonds is 8. The van der Waals surface area contributed by atoms with Gasteiger partial charge in [-0.3, -0.25) is 14.5 Å². The average Bonchev–Trinajstić information content (AvgIpc) is 3.61. The fourth-order valence-corrected chi connectivity index (χ4v) is 6.52. The number of aromatic nitrogens is 1. The normalized spacial score (nSPS) is 17.0. The summed E-state index contributed by atoms with van der Waals surface area (Å²) < 4.78 is 37.9. The number of carbonyl (C=O) groups excluding carboxylic acids is 2. The highest BCUT2D eigenvalue weighted by Crippen LogP contribution is 2.46. The van der Waals surface area contributed by atoms with Crippen LogP contribution in [-0.4, -0.2) is 41.6 Å². The zero-order chi connectivity index (χ0) is 31.8. The Morgan fingerprint density at radius 3 is 2.57 bits per heavy atom. The summed E-state index contributed by atoms with van der Waals surface area (Å²) in [5, 5.41) is 11.9. The highest BCUT2D eigenvalue weighted by Gasteiger charge is 2.48. The predicted octanol–water partition coefficient (Wildman–Crippen LogP) is 6.81. The van der Waals surface area contributed by atoms with E-state index in [1.54, 1.807) is 36.4 Å². The molecule has 11 heteroatoms. The molecule has 0 aliphatic carbocycles. The van der Waals surface area contributed by atoms with Gasteiger partial charge in [-0.05, 0) is 66.6 Å². The number of benzene rings is 4. The van der Waals surface area contributed by atoms with Gasteiger partial charge in [-0.25, -0.2) is 9.37 Å². The van der Waals surface area contributed by atoms with Crippen molar-refractivity contribution in [1.29, 1.82) is 0 Å². The molecule has 46 heavy (non-hydrogen) atoms. The molecule has 1 saturated heterocycles. The Morgan fingerprint density at radius 2 is 1.76 bits per heavy atom. The Labute approximate surface area is 267 Å². The molecule has 0 spiro atoms. The number of hydrogen-bond acceptors (Lipinski definition) is 9. The van der Waals surface area contributed by atoms with E-state index in [0.29, 0.717) is 65.2 Å². The maximum Gasteiger partial charge on any atom is 0.301 e. The predicted molar refractivity (Wildman–Crippen MR) is 170 cm³/mol. The number of ketones is 1. The number of hydrogen-bond donors (Lipinski definition) is 1. The fraction of sp³-hybridized carbons (Fsp3) is 0.171. The Hall–Kier alpha value is -5.42. The number of amides is 1. The van der Waals surface area contributed by atoms with Crippen LogP contribution in [0.5, 0.6) is 23.0 Å². The second kappa shape index (κ2) is 12.2. The Balaban J connectivity index is 1.36. The average molecular weight is 639 g/mol. The molecule has 1 atom stereocenters. The third kappa shape index (κ3) is 5.39. The molecule has 1 amide bonds. The van der Waals surface area contributed by atoms with E-state index in [1.165, 1.54) is 23.1 Å². The van der Waals surface area contributed by atoms with Crippen LogP contribution in [0.2, 0.25) is 0 Å². The summed E-state index contributed by atoms with van der Waals surface area (Å²) in [4.78, 5) is 33.4. The molecule has 1 aromatic heterocycles. The van der Waals surface area contributed by atoms with Crippen molar-refractivity contribution in [1.82, 2.24) is 4.98 Å². The van der Waals surface area contributed by atoms with Crippen LogP contribution in [0.3, 0.4) is 0 Å². The summed E-state index contributed by atoms with van der Waals surface area (Å²) >= 11 is 1.07. The first-order valence-electron chi connectivity index (χ1n) is 14.6. The lowest BCUT2D eigenvalue weighted by atomic mass is 9.95. The Morgan fingerprint density at radius 1 is 0.957 bits per heavy atom. The first kappa shape index (κ1) is 29.3. The van der Waals surface area contributed by atoms with Crippen molar-refractivity contribution >= 4 is 44.1 Å². The molecule has 0 bridgehead atoms. The molecule has 0 saturated carbocycles. The van der Waals surface area contributed by atoms with Crippen LogP contribution < -0.4 is 23.8 Å². The van der Waals surface area contributed by atoms with Gasteiger partial charge >= 0.3 is 5.91 Å². The fourth-order valence-electron chi connectivity index (χ4n) is 5.50. The zero-order valence-corrected chi connectivity index (χ0v) is 25.4. The van der Waals surface area contributed by atoms with Gasteiger partial charge in [-0.1, -0.05) is 47.7 Å². The first-order valence-corrected chi connectivity index (χ1v) is 15.4. The standard InChI is InChI=1S/C35H27FN2O7S/c1-2-42-27-16-21(8-12-26(27)45-19-20-6-4-3-5-7-20)31-30(32(39)22-9-13-25-28(17-22)44-15-14-43-25)33(40)34(41)38(31)35-37-24-11-10-23(36)18-29(24)46-35/h3-13,16-18,31,39H,2,14-15,19H2,1H3. The summed E-state index contributed by atoms with van der Waals surface area (Å²) in [6, 6.07) is 22.6. The third-order valence-corrected chi connectivity index (χ3v) is 8.64. The van der Waals surface area contributed by atoms with Crippen LogP contribution in [0.1, 0.15) is 29.7 Å². The van der Waals surface area contributed by atoms with Gasteiger partial charge in [0.25, 0.3) is 5.78 Å². The largest absolute Gasteiger partial charge is 0.507 e. The minimum absolute atomic E-state index is 0.146. The van der Waals surface area contributed by atoms with Crippen molar-refractivity contribution in [2.45, 2.75) is 19.6 Å². The number of halogens is 1. The van der Waals surface area contributed by atoms with E-state index in [9.17, 15) is 19.1 Å². The number of ether oxygens (including phenoxy) is 4. The number of carbonyl (C=O) groups is 2. The van der Waals surface area contributed by atoms with E-state index < -0.39 is 29.3 Å². The number of aliphatic hydroxyl groups excluding tert-OH is 1. The van der Waals surface area contributed by atoms with Gasteiger partial charge in [-0.15, -0.1) is 0 Å². The molecular weight excluding hydrogens is 611 g/mol. The minimum Gasteiger partial charge on any atom is -0.507 e. The minimum atomic E-state index is -1.10. The van der Waals surface area contributed by atoms with Gasteiger partial charge in [0.2, 0.25) is 0 Å². The van der Waals surface area contributed by atoms with Crippen LogP contribution in [0.15, 0.2) is 90.5 Å². The molecule has 9 nitrogen and oxygen atoms in total. The highest BCUT2D eigenvalue weighted by molar-refractivity contribution is 7.22. The van der Waals surface area contributed by atoms with E-state index in [0.717, 1.165) is 16.9 Å². The number of nitrogens with zero attached hydrogens (tertiary/aromatic N) is 2. The topological polar surface area (TPSA) is 107 Å². The Bertz CT molecular complexity index is 2010. The number of fused-ring (bicyclic) bond motifs is 2. The van der Waals surface area contributed by atoms with Crippen LogP contribution in [0.4, 0.5) is 9.52 Å². The van der Waals surface area contributed by atoms with Crippen LogP contribution in [-0.2, 0) is 16.2 Å². The van der Waals surface area contributed by atoms with Gasteiger partial charge < -0.3 is 24.1 Å². The van der Waals surface area contributed by atoms with E-state index >= 15 is 0 Å². The molecule has 232 valence electrons. The summed E-state index contributed by atoms with van der Waals surface area (Å²) in [5.74, 6) is -0.844. The highest BCUT2D eigenvalue weighted by atomic mass is 32.1. The van der Waals surface area contributed by atoms with Crippen molar-refractivity contribution < 1.29 is 38.0 Å². The smallest absolute Gasteiger partial charge is 0.301 e. The lowest BCUT2D eigenvalue weighted by molar-refractivity contribution is -0.132. The van der Waals surface area contributed by atoms with Crippen molar-refractivity contribution in [2.75, 3.05) is 24.7 Å². The van der Waals surface area contributed by atoms with Crippen molar-refractivity contribution in [3.63, 3.8) is 0 Å². The summed E-state index contributed by atoms with van der Waals surface area (Å²) in [6.45, 7) is 3.18. The molecule has 2 aliphatic heterocycles. The summed E-state index contributed by atoms with van der Waals surface area (Å²) in [5.41, 5.74) is 2.03. The molecule has 2 aliphatic rings. The zero-order valence-electron chi connectivity index (χ0n) is 24.6. The number of anilines is 1. The molecule has 7 rings (SSSR count). The number of thiazole rings is 1. The lowest BCUT2D eigenvalue weighted by Gasteiger charge is -2.24. The van der Waals surface area contributed by atoms with E-state index in [-0.39, 0.29) is 16.3 Å². The SMILES string of the molecule is CCOc1cc(C2C(=C(O)c3ccc4c(c3)OCCO4)C(=O)C(=O)N2c2nc3ccc(F)cc3s2)ccc1OCc1ccccc1. The van der Waals surface area contributed by atoms with Crippen LogP contribution >= 0.6 is 11.3 Å². The third-order valence-electron chi connectivity index (χ3n) is 7.63. The lowest BCUT2D eigenvalue weighted by Crippen LogP contribution is -2.29. The van der Waals surface area contributed by atoms with Gasteiger partial charge in [0.1, 0.15) is 31.4 Å². The molecule has 0 radical (unpaired) electrons. The van der Waals surface area contributed by atoms with E-state index in [2.05, 4.69) is 4.98 Å².